The fourth-order valence-electron chi connectivity index (χ4n) is 5.13. The summed E-state index contributed by atoms with van der Waals surface area (Å²) in [5.41, 5.74) is 0.624. The second-order valence-electron chi connectivity index (χ2n) is 12.0. The van der Waals surface area contributed by atoms with Crippen LogP contribution in [-0.2, 0) is 27.7 Å². The highest BCUT2D eigenvalue weighted by Crippen LogP contribution is 2.40. The number of ether oxygens (including phenoxy) is 3. The summed E-state index contributed by atoms with van der Waals surface area (Å²) in [5, 5.41) is 52.9. The minimum Gasteiger partial charge on any atom is -0.490 e. The van der Waals surface area contributed by atoms with Crippen molar-refractivity contribution >= 4 is 5.91 Å². The Morgan fingerprint density at radius 2 is 1.70 bits per heavy atom. The van der Waals surface area contributed by atoms with E-state index in [4.69, 9.17) is 14.2 Å². The van der Waals surface area contributed by atoms with Crippen LogP contribution in [0.15, 0.2) is 54.9 Å². The zero-order chi connectivity index (χ0) is 33.4. The lowest BCUT2D eigenvalue weighted by atomic mass is 9.86. The van der Waals surface area contributed by atoms with Crippen molar-refractivity contribution in [1.29, 1.82) is 0 Å². The predicted octanol–water partition coefficient (Wildman–Crippen LogP) is 1.59. The number of hydrogen-bond acceptors (Lipinski definition) is 11. The number of nitrogens with one attached hydrogen (secondary N) is 1. The normalized spacial score (nSPS) is 24.3. The first-order valence-electron chi connectivity index (χ1n) is 14.8. The molecule has 1 amide bonds. The van der Waals surface area contributed by atoms with Crippen LogP contribution in [0.1, 0.15) is 60.6 Å². The van der Waals surface area contributed by atoms with Crippen molar-refractivity contribution in [3.05, 3.63) is 82.8 Å². The molecule has 2 aliphatic rings. The van der Waals surface area contributed by atoms with Gasteiger partial charge in [-0.25, -0.2) is 4.98 Å². The van der Waals surface area contributed by atoms with E-state index < -0.39 is 59.8 Å². The number of benzene rings is 1. The first-order chi connectivity index (χ1) is 21.7. The van der Waals surface area contributed by atoms with Crippen molar-refractivity contribution < 1.29 is 53.3 Å². The van der Waals surface area contributed by atoms with Crippen LogP contribution in [0.5, 0.6) is 11.6 Å². The van der Waals surface area contributed by atoms with E-state index in [-0.39, 0.29) is 17.7 Å². The van der Waals surface area contributed by atoms with Crippen LogP contribution in [0, 0.1) is 0 Å². The number of nitrogens with zero attached hydrogens (tertiary/aromatic N) is 2. The summed E-state index contributed by atoms with van der Waals surface area (Å²) in [7, 11) is 1.33. The average molecular weight is 646 g/mol. The third kappa shape index (κ3) is 7.60. The zero-order valence-electron chi connectivity index (χ0n) is 25.4. The van der Waals surface area contributed by atoms with E-state index in [0.29, 0.717) is 28.8 Å². The van der Waals surface area contributed by atoms with E-state index in [1.54, 1.807) is 38.2 Å². The van der Waals surface area contributed by atoms with Gasteiger partial charge in [0, 0.05) is 31.4 Å². The summed E-state index contributed by atoms with van der Waals surface area (Å²) in [4.78, 5) is 20.8. The van der Waals surface area contributed by atoms with Gasteiger partial charge in [0.15, 0.2) is 6.10 Å². The number of alkyl halides is 2. The van der Waals surface area contributed by atoms with E-state index in [1.807, 2.05) is 0 Å². The molecule has 1 aliphatic heterocycles. The molecule has 6 N–H and O–H groups in total. The molecular formula is C32H37F2N3O9. The van der Waals surface area contributed by atoms with Crippen molar-refractivity contribution in [3.8, 4) is 11.6 Å². The van der Waals surface area contributed by atoms with E-state index >= 15 is 0 Å². The summed E-state index contributed by atoms with van der Waals surface area (Å²) in [5.74, 6) is -1.29. The Morgan fingerprint density at radius 3 is 2.26 bits per heavy atom. The van der Waals surface area contributed by atoms with Crippen molar-refractivity contribution in [3.63, 3.8) is 0 Å². The second kappa shape index (κ2) is 13.1. The number of aromatic nitrogens is 2. The van der Waals surface area contributed by atoms with Gasteiger partial charge in [0.05, 0.1) is 17.4 Å². The van der Waals surface area contributed by atoms with Gasteiger partial charge in [0.2, 0.25) is 12.2 Å². The molecule has 12 nitrogen and oxygen atoms in total. The maximum Gasteiger partial charge on any atom is 0.384 e. The number of carbonyl (C=O) groups is 1. The van der Waals surface area contributed by atoms with Gasteiger partial charge in [-0.3, -0.25) is 9.78 Å². The zero-order valence-corrected chi connectivity index (χ0v) is 25.4. The van der Waals surface area contributed by atoms with E-state index in [9.17, 15) is 39.1 Å². The van der Waals surface area contributed by atoms with Crippen LogP contribution in [0.2, 0.25) is 0 Å². The van der Waals surface area contributed by atoms with Crippen molar-refractivity contribution in [2.45, 2.75) is 87.5 Å². The minimum absolute atomic E-state index is 0.00515. The van der Waals surface area contributed by atoms with Crippen LogP contribution >= 0.6 is 0 Å². The highest BCUT2D eigenvalue weighted by atomic mass is 19.3. The predicted molar refractivity (Wildman–Crippen MR) is 157 cm³/mol. The minimum atomic E-state index is -4.10. The van der Waals surface area contributed by atoms with Gasteiger partial charge in [-0.1, -0.05) is 18.2 Å². The largest absolute Gasteiger partial charge is 0.490 e. The van der Waals surface area contributed by atoms with E-state index in [0.717, 1.165) is 18.9 Å². The molecule has 2 aromatic heterocycles. The van der Waals surface area contributed by atoms with Crippen LogP contribution in [-0.4, -0.2) is 85.3 Å². The maximum absolute atomic E-state index is 14.0. The average Bonchev–Trinajstić information content (AvgIpc) is 3.83. The quantitative estimate of drug-likeness (QED) is 0.178. The topological polar surface area (TPSA) is 184 Å². The number of aliphatic hydroxyl groups excluding tert-OH is 3. The summed E-state index contributed by atoms with van der Waals surface area (Å²) >= 11 is 0. The Bertz CT molecular complexity index is 1510. The Kier molecular flexibility index (Phi) is 9.59. The van der Waals surface area contributed by atoms with E-state index in [1.165, 1.54) is 31.4 Å². The Morgan fingerprint density at radius 1 is 0.978 bits per heavy atom. The highest BCUT2D eigenvalue weighted by molar-refractivity contribution is 5.81. The van der Waals surface area contributed by atoms with Gasteiger partial charge in [0.1, 0.15) is 29.7 Å². The van der Waals surface area contributed by atoms with Crippen LogP contribution < -0.4 is 14.8 Å². The standard InChI is InChI=1S/C32H37F2N3O9/c1-31(2,42)23-10-6-18(15-36-23)20(17-5-9-21(32(33,34)43)22(13-17)44-19-7-8-19)12-16-4-11-24(37-14-16)45-30-27(40)25(38)26(39)28(46-30)29(41)35-3/h4-6,9-11,13-15,19-20,25-28,30,38-40,42-43H,7-8,12H2,1-3H3,(H,35,41)/t20-,25?,26-,27+,28?,30+/m0/s1. The number of carbonyl (C=O) groups excluding carboxylic acids is 1. The lowest BCUT2D eigenvalue weighted by Crippen LogP contribution is -2.62. The lowest BCUT2D eigenvalue weighted by molar-refractivity contribution is -0.267. The molecule has 0 radical (unpaired) electrons. The molecule has 5 rings (SSSR count). The number of halogens is 2. The van der Waals surface area contributed by atoms with Crippen molar-refractivity contribution in [1.82, 2.24) is 15.3 Å². The summed E-state index contributed by atoms with van der Waals surface area (Å²) in [6.45, 7) is 3.21. The maximum atomic E-state index is 14.0. The van der Waals surface area contributed by atoms with Gasteiger partial charge in [-0.2, -0.15) is 8.78 Å². The lowest BCUT2D eigenvalue weighted by Gasteiger charge is -2.39. The SMILES string of the molecule is CNC(=O)C1O[C@@H](Oc2ccc(C[C@H](c3ccc(C(C)(C)O)nc3)c3ccc(C(O)(F)F)c(OC4CC4)c3)cn2)[C@H](O)C(O)[C@@H]1O. The van der Waals surface area contributed by atoms with Gasteiger partial charge in [-0.15, -0.1) is 0 Å². The first-order valence-corrected chi connectivity index (χ1v) is 14.8. The number of rotatable bonds is 11. The molecule has 2 unspecified atom stereocenters. The number of pyridine rings is 2. The Hall–Kier alpha value is -3.79. The number of likely N-dealkylation sites (N-methyl/N-ethyl adjacent to an activating group) is 1. The molecule has 46 heavy (non-hydrogen) atoms. The van der Waals surface area contributed by atoms with Gasteiger partial charge in [0.25, 0.3) is 5.91 Å². The van der Waals surface area contributed by atoms with Crippen LogP contribution in [0.3, 0.4) is 0 Å². The third-order valence-corrected chi connectivity index (χ3v) is 7.91. The molecule has 1 saturated carbocycles. The number of hydrogen-bond donors (Lipinski definition) is 6. The molecule has 0 bridgehead atoms. The highest BCUT2D eigenvalue weighted by Gasteiger charge is 2.48. The van der Waals surface area contributed by atoms with E-state index in [2.05, 4.69) is 15.3 Å². The van der Waals surface area contributed by atoms with Gasteiger partial charge < -0.3 is 45.1 Å². The third-order valence-electron chi connectivity index (χ3n) is 7.91. The molecule has 1 aliphatic carbocycles. The number of amides is 1. The molecule has 3 aromatic rings. The monoisotopic (exact) mass is 645 g/mol. The molecular weight excluding hydrogens is 608 g/mol. The summed E-state index contributed by atoms with van der Waals surface area (Å²) in [6.07, 6.45) is -7.54. The Labute approximate surface area is 263 Å². The summed E-state index contributed by atoms with van der Waals surface area (Å²) in [6, 6.07) is 10.8. The second-order valence-corrected chi connectivity index (χ2v) is 12.0. The smallest absolute Gasteiger partial charge is 0.384 e. The molecule has 0 spiro atoms. The molecule has 248 valence electrons. The first kappa shape index (κ1) is 33.6. The van der Waals surface area contributed by atoms with Crippen molar-refractivity contribution in [2.75, 3.05) is 7.05 Å². The van der Waals surface area contributed by atoms with Crippen LogP contribution in [0.25, 0.3) is 0 Å². The molecule has 3 heterocycles. The fourth-order valence-corrected chi connectivity index (χ4v) is 5.13. The molecule has 14 heteroatoms. The summed E-state index contributed by atoms with van der Waals surface area (Å²) < 4.78 is 44.9. The molecule has 6 atom stereocenters. The van der Waals surface area contributed by atoms with Gasteiger partial charge in [-0.05, 0) is 68.0 Å². The molecule has 2 fully saturated rings. The van der Waals surface area contributed by atoms with Gasteiger partial charge >= 0.3 is 6.11 Å². The number of aliphatic hydroxyl groups is 5. The Balaban J connectivity index is 1.42. The van der Waals surface area contributed by atoms with Crippen LogP contribution in [0.4, 0.5) is 8.78 Å². The fraction of sp³-hybridized carbons (Fsp3) is 0.469. The van der Waals surface area contributed by atoms with Crippen molar-refractivity contribution in [2.24, 2.45) is 0 Å². The molecule has 1 aromatic carbocycles. The molecule has 1 saturated heterocycles.